The van der Waals surface area contributed by atoms with Crippen LogP contribution in [0.5, 0.6) is 0 Å². The largest absolute Gasteiger partial charge is 0.396 e. The third kappa shape index (κ3) is 3.73. The van der Waals surface area contributed by atoms with Crippen LogP contribution < -0.4 is 0 Å². The summed E-state index contributed by atoms with van der Waals surface area (Å²) < 4.78 is 6.33. The van der Waals surface area contributed by atoms with Crippen LogP contribution in [0.1, 0.15) is 45.8 Å². The van der Waals surface area contributed by atoms with Crippen molar-refractivity contribution in [3.05, 3.63) is 34.0 Å². The smallest absolute Gasteiger partial charge is 0.263 e. The Hall–Kier alpha value is -1.21. The SMILES string of the molecule is C=CCN1CCC2(CC1)OCCc1sc(C(=O)N3CCCC(CO)C3)cc12. The van der Waals surface area contributed by atoms with Gasteiger partial charge in [-0.1, -0.05) is 6.08 Å². The van der Waals surface area contributed by atoms with E-state index in [0.717, 1.165) is 69.8 Å². The minimum Gasteiger partial charge on any atom is -0.396 e. The van der Waals surface area contributed by atoms with E-state index >= 15 is 0 Å². The molecule has 3 aliphatic rings. The van der Waals surface area contributed by atoms with E-state index in [1.54, 1.807) is 11.3 Å². The Morgan fingerprint density at radius 3 is 2.96 bits per heavy atom. The van der Waals surface area contributed by atoms with E-state index in [1.165, 1.54) is 10.4 Å². The van der Waals surface area contributed by atoms with Crippen molar-refractivity contribution in [3.63, 3.8) is 0 Å². The third-order valence-electron chi connectivity index (χ3n) is 6.33. The average Bonchev–Trinajstić information content (AvgIpc) is 3.15. The van der Waals surface area contributed by atoms with Crippen LogP contribution >= 0.6 is 11.3 Å². The molecule has 0 aliphatic carbocycles. The van der Waals surface area contributed by atoms with Gasteiger partial charge in [-0.3, -0.25) is 9.69 Å². The van der Waals surface area contributed by atoms with Gasteiger partial charge in [-0.25, -0.2) is 0 Å². The van der Waals surface area contributed by atoms with Gasteiger partial charge in [0.15, 0.2) is 0 Å². The predicted molar refractivity (Wildman–Crippen MR) is 107 cm³/mol. The zero-order valence-electron chi connectivity index (χ0n) is 16.0. The highest BCUT2D eigenvalue weighted by molar-refractivity contribution is 7.14. The molecule has 1 aromatic heterocycles. The second-order valence-electron chi connectivity index (χ2n) is 8.07. The van der Waals surface area contributed by atoms with Crippen LogP contribution in [0.2, 0.25) is 0 Å². The lowest BCUT2D eigenvalue weighted by molar-refractivity contribution is -0.0958. The molecular weight excluding hydrogens is 360 g/mol. The highest BCUT2D eigenvalue weighted by atomic mass is 32.1. The van der Waals surface area contributed by atoms with Gasteiger partial charge in [-0.15, -0.1) is 17.9 Å². The number of hydrogen-bond acceptors (Lipinski definition) is 5. The minimum atomic E-state index is -0.212. The fourth-order valence-corrected chi connectivity index (χ4v) is 5.97. The lowest BCUT2D eigenvalue weighted by atomic mass is 9.82. The molecule has 27 heavy (non-hydrogen) atoms. The average molecular weight is 391 g/mol. The number of amides is 1. The summed E-state index contributed by atoms with van der Waals surface area (Å²) in [6.45, 7) is 9.19. The van der Waals surface area contributed by atoms with Crippen molar-refractivity contribution in [1.29, 1.82) is 0 Å². The number of aliphatic hydroxyl groups excluding tert-OH is 1. The Labute approximate surface area is 165 Å². The predicted octanol–water partition coefficient (Wildman–Crippen LogP) is 2.64. The van der Waals surface area contributed by atoms with Gasteiger partial charge in [0, 0.05) is 50.6 Å². The number of likely N-dealkylation sites (tertiary alicyclic amines) is 2. The summed E-state index contributed by atoms with van der Waals surface area (Å²) in [5.74, 6) is 0.355. The van der Waals surface area contributed by atoms with Crippen LogP contribution in [0.4, 0.5) is 0 Å². The zero-order chi connectivity index (χ0) is 18.9. The maximum atomic E-state index is 13.1. The molecule has 1 unspecified atom stereocenters. The number of thiophene rings is 1. The fourth-order valence-electron chi connectivity index (χ4n) is 4.77. The van der Waals surface area contributed by atoms with Crippen molar-refractivity contribution in [1.82, 2.24) is 9.80 Å². The number of piperidine rings is 2. The van der Waals surface area contributed by atoms with Crippen molar-refractivity contribution in [3.8, 4) is 0 Å². The lowest BCUT2D eigenvalue weighted by Crippen LogP contribution is -2.46. The van der Waals surface area contributed by atoms with Crippen LogP contribution in [0.3, 0.4) is 0 Å². The van der Waals surface area contributed by atoms with Crippen LogP contribution in [-0.4, -0.2) is 66.8 Å². The third-order valence-corrected chi connectivity index (χ3v) is 7.52. The summed E-state index contributed by atoms with van der Waals surface area (Å²) in [6, 6.07) is 2.12. The zero-order valence-corrected chi connectivity index (χ0v) is 16.8. The molecule has 6 heteroatoms. The summed E-state index contributed by atoms with van der Waals surface area (Å²) in [5, 5.41) is 9.46. The summed E-state index contributed by atoms with van der Waals surface area (Å²) in [7, 11) is 0. The standard InChI is InChI=1S/C21H30N2O3S/c1-2-8-22-10-6-21(7-11-22)17-13-19(27-18(17)5-12-26-21)20(25)23-9-3-4-16(14-23)15-24/h2,13,16,24H,1,3-12,14-15H2. The summed E-state index contributed by atoms with van der Waals surface area (Å²) in [5.41, 5.74) is 1.05. The molecule has 1 atom stereocenters. The Morgan fingerprint density at radius 1 is 1.41 bits per heavy atom. The summed E-state index contributed by atoms with van der Waals surface area (Å²) in [6.07, 6.45) is 6.83. The maximum Gasteiger partial charge on any atom is 0.263 e. The molecule has 1 aromatic rings. The van der Waals surface area contributed by atoms with E-state index < -0.39 is 0 Å². The molecule has 2 saturated heterocycles. The van der Waals surface area contributed by atoms with Crippen molar-refractivity contribution in [2.45, 2.75) is 37.7 Å². The van der Waals surface area contributed by atoms with Gasteiger partial charge in [0.05, 0.1) is 17.1 Å². The van der Waals surface area contributed by atoms with Crippen LogP contribution in [0, 0.1) is 5.92 Å². The maximum absolute atomic E-state index is 13.1. The quantitative estimate of drug-likeness (QED) is 0.803. The second kappa shape index (κ2) is 8.03. The van der Waals surface area contributed by atoms with Gasteiger partial charge in [-0.2, -0.15) is 0 Å². The Bertz CT molecular complexity index is 694. The normalized spacial score (nSPS) is 25.4. The van der Waals surface area contributed by atoms with E-state index in [4.69, 9.17) is 4.74 Å². The summed E-state index contributed by atoms with van der Waals surface area (Å²) in [4.78, 5) is 19.6. The molecule has 0 radical (unpaired) electrons. The van der Waals surface area contributed by atoms with E-state index in [1.807, 2.05) is 11.0 Å². The topological polar surface area (TPSA) is 53.0 Å². The van der Waals surface area contributed by atoms with Gasteiger partial charge in [-0.05, 0) is 43.2 Å². The van der Waals surface area contributed by atoms with E-state index in [0.29, 0.717) is 6.54 Å². The van der Waals surface area contributed by atoms with Crippen molar-refractivity contribution in [2.24, 2.45) is 5.92 Å². The highest BCUT2D eigenvalue weighted by Gasteiger charge is 2.42. The van der Waals surface area contributed by atoms with E-state index in [2.05, 4.69) is 17.5 Å². The number of ether oxygens (including phenoxy) is 1. The molecule has 148 valence electrons. The first kappa shape index (κ1) is 19.1. The molecule has 1 amide bonds. The first-order chi connectivity index (χ1) is 13.1. The van der Waals surface area contributed by atoms with E-state index in [9.17, 15) is 9.90 Å². The molecular formula is C21H30N2O3S. The van der Waals surface area contributed by atoms with Crippen LogP contribution in [-0.2, 0) is 16.8 Å². The second-order valence-corrected chi connectivity index (χ2v) is 9.21. The molecule has 2 fully saturated rings. The number of fused-ring (bicyclic) bond motifs is 2. The van der Waals surface area contributed by atoms with Gasteiger partial charge < -0.3 is 14.7 Å². The molecule has 0 saturated carbocycles. The molecule has 1 spiro atoms. The Morgan fingerprint density at radius 2 is 2.22 bits per heavy atom. The number of hydrogen-bond donors (Lipinski definition) is 1. The number of carbonyl (C=O) groups is 1. The molecule has 0 aromatic carbocycles. The molecule has 3 aliphatic heterocycles. The summed E-state index contributed by atoms with van der Waals surface area (Å²) >= 11 is 1.66. The monoisotopic (exact) mass is 390 g/mol. The number of carbonyl (C=O) groups excluding carboxylic acids is 1. The highest BCUT2D eigenvalue weighted by Crippen LogP contribution is 2.44. The van der Waals surface area contributed by atoms with Gasteiger partial charge in [0.25, 0.3) is 5.91 Å². The van der Waals surface area contributed by atoms with Crippen molar-refractivity contribution < 1.29 is 14.6 Å². The Balaban J connectivity index is 1.53. The molecule has 4 rings (SSSR count). The van der Waals surface area contributed by atoms with Gasteiger partial charge in [0.2, 0.25) is 0 Å². The molecule has 4 heterocycles. The lowest BCUT2D eigenvalue weighted by Gasteiger charge is -2.43. The van der Waals surface area contributed by atoms with Gasteiger partial charge >= 0.3 is 0 Å². The van der Waals surface area contributed by atoms with Crippen molar-refractivity contribution >= 4 is 17.2 Å². The molecule has 1 N–H and O–H groups in total. The molecule has 5 nitrogen and oxygen atoms in total. The molecule has 0 bridgehead atoms. The van der Waals surface area contributed by atoms with Crippen molar-refractivity contribution in [2.75, 3.05) is 45.9 Å². The number of rotatable bonds is 4. The first-order valence-corrected chi connectivity index (χ1v) is 11.0. The fraction of sp³-hybridized carbons (Fsp3) is 0.667. The minimum absolute atomic E-state index is 0.131. The van der Waals surface area contributed by atoms with Gasteiger partial charge in [0.1, 0.15) is 0 Å². The van der Waals surface area contributed by atoms with Crippen LogP contribution in [0.25, 0.3) is 0 Å². The Kier molecular flexibility index (Phi) is 5.69. The first-order valence-electron chi connectivity index (χ1n) is 10.2. The van der Waals surface area contributed by atoms with Crippen LogP contribution in [0.15, 0.2) is 18.7 Å². The number of nitrogens with zero attached hydrogens (tertiary/aromatic N) is 2. The number of aliphatic hydroxyl groups is 1. The van der Waals surface area contributed by atoms with E-state index in [-0.39, 0.29) is 24.0 Å².